The molecule has 6 rings (SSSR count). The number of piperidine rings is 1. The molecule has 2 atom stereocenters. The molecule has 2 aromatic rings. The van der Waals surface area contributed by atoms with Gasteiger partial charge in [0.1, 0.15) is 0 Å². The number of amidine groups is 1. The van der Waals surface area contributed by atoms with Crippen molar-refractivity contribution in [3.8, 4) is 5.75 Å². The lowest BCUT2D eigenvalue weighted by atomic mass is 9.89. The lowest BCUT2D eigenvalue weighted by molar-refractivity contribution is -0.134. The molecule has 1 unspecified atom stereocenters. The average Bonchev–Trinajstić information content (AvgIpc) is 3.70. The Balaban J connectivity index is 1.06. The van der Waals surface area contributed by atoms with Crippen LogP contribution >= 0.6 is 0 Å². The van der Waals surface area contributed by atoms with Gasteiger partial charge in [-0.25, -0.2) is 9.38 Å². The maximum Gasteiger partial charge on any atom is 0.251 e. The number of aliphatic imine (C=N–C) groups is 2. The maximum absolute atomic E-state index is 14.8. The number of nitrogens with zero attached hydrogens (tertiary/aromatic N) is 3. The molecule has 2 aromatic carbocycles. The highest BCUT2D eigenvalue weighted by atomic mass is 19.2. The van der Waals surface area contributed by atoms with Crippen molar-refractivity contribution in [2.45, 2.75) is 44.7 Å². The van der Waals surface area contributed by atoms with Crippen LogP contribution in [0.15, 0.2) is 58.8 Å². The number of likely N-dealkylation sites (tertiary alicyclic amines) is 1. The molecule has 3 N–H and O–H groups in total. The van der Waals surface area contributed by atoms with Gasteiger partial charge in [0.15, 0.2) is 17.4 Å². The smallest absolute Gasteiger partial charge is 0.251 e. The Bertz CT molecular complexity index is 1570. The van der Waals surface area contributed by atoms with Crippen LogP contribution in [0.2, 0.25) is 0 Å². The van der Waals surface area contributed by atoms with Crippen molar-refractivity contribution in [2.75, 3.05) is 32.1 Å². The number of hydrogen-bond donors (Lipinski definition) is 3. The number of fused-ring (bicyclic) bond motifs is 1. The molecule has 224 valence electrons. The maximum atomic E-state index is 14.8. The topological polar surface area (TPSA) is 107 Å². The van der Waals surface area contributed by atoms with Crippen LogP contribution in [0, 0.1) is 24.5 Å². The summed E-state index contributed by atoms with van der Waals surface area (Å²) in [5, 5.41) is 9.67. The average molecular weight is 589 g/mol. The second-order valence-corrected chi connectivity index (χ2v) is 11.2. The molecule has 0 aliphatic carbocycles. The number of ether oxygens (including phenoxy) is 1. The monoisotopic (exact) mass is 588 g/mol. The molecule has 9 nitrogen and oxygen atoms in total. The number of amides is 2. The van der Waals surface area contributed by atoms with Crippen LogP contribution < -0.4 is 20.7 Å². The number of nitrogens with one attached hydrogen (secondary N) is 3. The zero-order chi connectivity index (χ0) is 30.1. The standard InChI is InChI=1S/C32H34F2N6O3/c1-18-16-20(5-6-21(18)31(41)39-19-10-14-40(15-11-19)32(42)25-4-3-12-35-25)38-30-29-23(9-13-36-30)24(17-37-29)22-7-8-26(43-2)28(34)27(22)33/h5-9,13,16-17,19,23,25,35H,3-4,10-12,14-15H2,1-2H3,(H,36,38)(H,39,41)/t23?,25-/m0/s1. The Labute approximate surface area is 248 Å². The third-order valence-corrected chi connectivity index (χ3v) is 8.51. The van der Waals surface area contributed by atoms with E-state index in [0.717, 1.165) is 37.8 Å². The highest BCUT2D eigenvalue weighted by molar-refractivity contribution is 6.49. The molecule has 0 radical (unpaired) electrons. The van der Waals surface area contributed by atoms with Crippen LogP contribution in [-0.2, 0) is 4.79 Å². The van der Waals surface area contributed by atoms with Gasteiger partial charge in [-0.3, -0.25) is 14.6 Å². The van der Waals surface area contributed by atoms with E-state index in [1.54, 1.807) is 24.4 Å². The number of anilines is 1. The molecule has 11 heteroatoms. The molecule has 2 saturated heterocycles. The van der Waals surface area contributed by atoms with Crippen LogP contribution in [0.25, 0.3) is 5.57 Å². The molecule has 4 aliphatic rings. The van der Waals surface area contributed by atoms with Gasteiger partial charge in [-0.2, -0.15) is 4.39 Å². The molecular formula is C32H34F2N6O3. The first kappa shape index (κ1) is 28.7. The van der Waals surface area contributed by atoms with Crippen LogP contribution in [0.1, 0.15) is 47.2 Å². The molecule has 0 saturated carbocycles. The Morgan fingerprint density at radius 1 is 1.07 bits per heavy atom. The fourth-order valence-corrected chi connectivity index (χ4v) is 6.12. The van der Waals surface area contributed by atoms with Gasteiger partial charge in [0, 0.05) is 48.3 Å². The summed E-state index contributed by atoms with van der Waals surface area (Å²) in [5.74, 6) is -2.08. The van der Waals surface area contributed by atoms with Crippen LogP contribution in [-0.4, -0.2) is 67.1 Å². The second-order valence-electron chi connectivity index (χ2n) is 11.2. The summed E-state index contributed by atoms with van der Waals surface area (Å²) in [6.45, 7) is 4.04. The molecule has 0 spiro atoms. The molecule has 2 amide bonds. The van der Waals surface area contributed by atoms with Gasteiger partial charge in [0.2, 0.25) is 11.7 Å². The number of rotatable bonds is 6. The Morgan fingerprint density at radius 2 is 1.88 bits per heavy atom. The summed E-state index contributed by atoms with van der Waals surface area (Å²) >= 11 is 0. The van der Waals surface area contributed by atoms with E-state index < -0.39 is 17.6 Å². The highest BCUT2D eigenvalue weighted by Gasteiger charge is 2.33. The van der Waals surface area contributed by atoms with Crippen molar-refractivity contribution in [2.24, 2.45) is 15.9 Å². The van der Waals surface area contributed by atoms with E-state index in [0.29, 0.717) is 41.5 Å². The molecule has 4 heterocycles. The first-order chi connectivity index (χ1) is 20.8. The van der Waals surface area contributed by atoms with E-state index >= 15 is 0 Å². The summed E-state index contributed by atoms with van der Waals surface area (Å²) in [5.41, 5.74) is 3.29. The van der Waals surface area contributed by atoms with Gasteiger partial charge in [-0.15, -0.1) is 0 Å². The number of aryl methyl sites for hydroxylation is 1. The van der Waals surface area contributed by atoms with Gasteiger partial charge in [-0.05, 0) is 80.6 Å². The normalized spacial score (nSPS) is 21.6. The van der Waals surface area contributed by atoms with Gasteiger partial charge in [0.25, 0.3) is 5.91 Å². The second kappa shape index (κ2) is 12.1. The first-order valence-electron chi connectivity index (χ1n) is 14.6. The first-order valence-corrected chi connectivity index (χ1v) is 14.6. The predicted octanol–water partition coefficient (Wildman–Crippen LogP) is 4.20. The summed E-state index contributed by atoms with van der Waals surface area (Å²) in [6.07, 6.45) is 8.30. The van der Waals surface area contributed by atoms with E-state index in [2.05, 4.69) is 25.9 Å². The minimum atomic E-state index is -1.04. The van der Waals surface area contributed by atoms with Crippen molar-refractivity contribution >= 4 is 34.6 Å². The fourth-order valence-electron chi connectivity index (χ4n) is 6.12. The lowest BCUT2D eigenvalue weighted by Crippen LogP contribution is -2.50. The van der Waals surface area contributed by atoms with Crippen LogP contribution in [0.3, 0.4) is 0 Å². The summed E-state index contributed by atoms with van der Waals surface area (Å²) in [4.78, 5) is 36.6. The molecule has 0 bridgehead atoms. The summed E-state index contributed by atoms with van der Waals surface area (Å²) in [7, 11) is 1.29. The molecule has 0 aromatic heterocycles. The third-order valence-electron chi connectivity index (χ3n) is 8.51. The minimum absolute atomic E-state index is 0.0108. The molecule has 4 aliphatic heterocycles. The van der Waals surface area contributed by atoms with Gasteiger partial charge >= 0.3 is 0 Å². The summed E-state index contributed by atoms with van der Waals surface area (Å²) < 4.78 is 34.1. The SMILES string of the molecule is COc1ccc(C2=CN=C3C(Nc4ccc(C(=O)NC5CCN(C(=O)[C@@H]6CCCN6)CC5)c(C)c4)=NC=CC23)c(F)c1F. The van der Waals surface area contributed by atoms with E-state index in [9.17, 15) is 18.4 Å². The Morgan fingerprint density at radius 3 is 2.60 bits per heavy atom. The zero-order valence-electron chi connectivity index (χ0n) is 24.1. The van der Waals surface area contributed by atoms with E-state index in [1.165, 1.54) is 25.4 Å². The number of methoxy groups -OCH3 is 1. The van der Waals surface area contributed by atoms with Crippen LogP contribution in [0.5, 0.6) is 5.75 Å². The highest BCUT2D eigenvalue weighted by Crippen LogP contribution is 2.36. The van der Waals surface area contributed by atoms with Gasteiger partial charge < -0.3 is 25.6 Å². The predicted molar refractivity (Wildman–Crippen MR) is 161 cm³/mol. The Hall–Kier alpha value is -4.38. The van der Waals surface area contributed by atoms with E-state index in [4.69, 9.17) is 4.74 Å². The van der Waals surface area contributed by atoms with Crippen molar-refractivity contribution in [3.05, 3.63) is 77.1 Å². The number of allylic oxidation sites excluding steroid dienone is 2. The minimum Gasteiger partial charge on any atom is -0.494 e. The number of benzene rings is 2. The quantitative estimate of drug-likeness (QED) is 0.469. The van der Waals surface area contributed by atoms with Crippen molar-refractivity contribution < 1.29 is 23.1 Å². The number of halogens is 2. The lowest BCUT2D eigenvalue weighted by Gasteiger charge is -2.34. The van der Waals surface area contributed by atoms with E-state index in [-0.39, 0.29) is 35.2 Å². The molecule has 43 heavy (non-hydrogen) atoms. The van der Waals surface area contributed by atoms with Crippen molar-refractivity contribution in [3.63, 3.8) is 0 Å². The fraction of sp³-hybridized carbons (Fsp3) is 0.375. The van der Waals surface area contributed by atoms with Gasteiger partial charge in [-0.1, -0.05) is 6.08 Å². The largest absolute Gasteiger partial charge is 0.494 e. The van der Waals surface area contributed by atoms with Gasteiger partial charge in [0.05, 0.1) is 24.8 Å². The number of carbonyl (C=O) groups excluding carboxylic acids is 2. The van der Waals surface area contributed by atoms with Crippen molar-refractivity contribution in [1.82, 2.24) is 15.5 Å². The summed E-state index contributed by atoms with van der Waals surface area (Å²) in [6, 6.07) is 8.26. The number of hydrogen-bond acceptors (Lipinski definition) is 7. The van der Waals surface area contributed by atoms with E-state index in [1.807, 2.05) is 17.9 Å². The van der Waals surface area contributed by atoms with Crippen molar-refractivity contribution in [1.29, 1.82) is 0 Å². The molecular weight excluding hydrogens is 554 g/mol. The zero-order valence-corrected chi connectivity index (χ0v) is 24.1. The molecule has 2 fully saturated rings. The van der Waals surface area contributed by atoms with Crippen LogP contribution in [0.4, 0.5) is 14.5 Å². The number of carbonyl (C=O) groups is 2. The third kappa shape index (κ3) is 5.69. The Kier molecular flexibility index (Phi) is 8.07.